The highest BCUT2D eigenvalue weighted by atomic mass is 35.5. The third-order valence-corrected chi connectivity index (χ3v) is 5.00. The summed E-state index contributed by atoms with van der Waals surface area (Å²) in [6.45, 7) is 0. The first-order valence-electron chi connectivity index (χ1n) is 6.19. The molecule has 4 rings (SSSR count). The molecule has 0 bridgehead atoms. The van der Waals surface area contributed by atoms with Crippen LogP contribution in [0.1, 0.15) is 17.3 Å². The van der Waals surface area contributed by atoms with Gasteiger partial charge in [0.1, 0.15) is 11.3 Å². The minimum absolute atomic E-state index is 0.338. The summed E-state index contributed by atoms with van der Waals surface area (Å²) in [6, 6.07) is 14.4. The van der Waals surface area contributed by atoms with Gasteiger partial charge < -0.3 is 4.98 Å². The predicted molar refractivity (Wildman–Crippen MR) is 80.1 cm³/mol. The van der Waals surface area contributed by atoms with E-state index in [0.717, 1.165) is 22.6 Å². The first-order valence-corrected chi connectivity index (χ1v) is 7.55. The van der Waals surface area contributed by atoms with Gasteiger partial charge in [0.05, 0.1) is 16.5 Å². The molecule has 1 aromatic heterocycles. The number of H-pyrrole nitrogens is 1. The molecule has 0 saturated carbocycles. The number of benzene rings is 2. The maximum absolute atomic E-state index is 6.19. The third-order valence-electron chi connectivity index (χ3n) is 3.51. The number of aromatic amines is 1. The van der Waals surface area contributed by atoms with E-state index in [9.17, 15) is 0 Å². The highest BCUT2D eigenvalue weighted by molar-refractivity contribution is 7.99. The summed E-state index contributed by atoms with van der Waals surface area (Å²) in [4.78, 5) is 9.46. The number of halogens is 1. The number of rotatable bonds is 1. The largest absolute Gasteiger partial charge is 0.341 e. The van der Waals surface area contributed by atoms with Gasteiger partial charge in [0, 0.05) is 10.6 Å². The number of hydrogen-bond acceptors (Lipinski definition) is 2. The molecule has 0 saturated heterocycles. The van der Waals surface area contributed by atoms with Gasteiger partial charge in [-0.1, -0.05) is 35.9 Å². The van der Waals surface area contributed by atoms with Crippen molar-refractivity contribution in [3.8, 4) is 0 Å². The van der Waals surface area contributed by atoms with Crippen LogP contribution in [0.4, 0.5) is 0 Å². The molecule has 94 valence electrons. The molecule has 3 aromatic rings. The number of hydrogen-bond donors (Lipinski definition) is 1. The van der Waals surface area contributed by atoms with E-state index in [-0.39, 0.29) is 0 Å². The van der Waals surface area contributed by atoms with Gasteiger partial charge in [-0.15, -0.1) is 11.8 Å². The number of nitrogens with zero attached hydrogens (tertiary/aromatic N) is 1. The Hall–Kier alpha value is -1.45. The Morgan fingerprint density at radius 3 is 2.95 bits per heavy atom. The van der Waals surface area contributed by atoms with Crippen molar-refractivity contribution in [2.75, 3.05) is 5.75 Å². The summed E-state index contributed by atoms with van der Waals surface area (Å²) in [5.74, 6) is 2.39. The molecule has 0 radical (unpaired) electrons. The van der Waals surface area contributed by atoms with Crippen LogP contribution < -0.4 is 0 Å². The molecule has 0 fully saturated rings. The number of aromatic nitrogens is 2. The summed E-state index contributed by atoms with van der Waals surface area (Å²) < 4.78 is 0. The van der Waals surface area contributed by atoms with Crippen molar-refractivity contribution >= 4 is 34.4 Å². The van der Waals surface area contributed by atoms with Crippen molar-refractivity contribution in [2.24, 2.45) is 0 Å². The maximum Gasteiger partial charge on any atom is 0.115 e. The highest BCUT2D eigenvalue weighted by Gasteiger charge is 2.26. The van der Waals surface area contributed by atoms with Gasteiger partial charge >= 0.3 is 0 Å². The van der Waals surface area contributed by atoms with Crippen LogP contribution in [0.15, 0.2) is 47.4 Å². The Balaban J connectivity index is 1.86. The second kappa shape index (κ2) is 4.29. The van der Waals surface area contributed by atoms with Crippen LogP contribution in [0.25, 0.3) is 11.0 Å². The molecule has 19 heavy (non-hydrogen) atoms. The lowest BCUT2D eigenvalue weighted by Gasteiger charge is -2.06. The summed E-state index contributed by atoms with van der Waals surface area (Å²) in [5, 5.41) is 0.707. The highest BCUT2D eigenvalue weighted by Crippen LogP contribution is 2.42. The number of thioether (sulfide) groups is 1. The first-order chi connectivity index (χ1) is 9.33. The van der Waals surface area contributed by atoms with E-state index < -0.39 is 0 Å². The van der Waals surface area contributed by atoms with Crippen molar-refractivity contribution in [1.82, 2.24) is 9.97 Å². The molecule has 1 aliphatic heterocycles. The van der Waals surface area contributed by atoms with E-state index in [4.69, 9.17) is 16.6 Å². The van der Waals surface area contributed by atoms with Crippen LogP contribution in [-0.2, 0) is 0 Å². The molecule has 4 heteroatoms. The van der Waals surface area contributed by atoms with Crippen molar-refractivity contribution < 1.29 is 0 Å². The zero-order chi connectivity index (χ0) is 12.8. The van der Waals surface area contributed by atoms with Gasteiger partial charge in [-0.25, -0.2) is 4.98 Å². The van der Waals surface area contributed by atoms with Gasteiger partial charge in [-0.2, -0.15) is 0 Å². The number of imidazole rings is 1. The van der Waals surface area contributed by atoms with Crippen LogP contribution in [0.3, 0.4) is 0 Å². The van der Waals surface area contributed by atoms with E-state index in [1.807, 2.05) is 30.0 Å². The van der Waals surface area contributed by atoms with E-state index in [1.165, 1.54) is 10.5 Å². The van der Waals surface area contributed by atoms with Gasteiger partial charge in [0.15, 0.2) is 0 Å². The van der Waals surface area contributed by atoms with Crippen LogP contribution in [0.5, 0.6) is 0 Å². The Morgan fingerprint density at radius 2 is 2.05 bits per heavy atom. The monoisotopic (exact) mass is 286 g/mol. The topological polar surface area (TPSA) is 28.7 Å². The molecule has 1 aliphatic rings. The lowest BCUT2D eigenvalue weighted by molar-refractivity contribution is 0.859. The molecular formula is C15H11ClN2S. The number of nitrogens with one attached hydrogen (secondary N) is 1. The molecule has 1 atom stereocenters. The first kappa shape index (κ1) is 11.4. The fourth-order valence-electron chi connectivity index (χ4n) is 2.57. The molecule has 0 spiro atoms. The van der Waals surface area contributed by atoms with E-state index >= 15 is 0 Å². The lowest BCUT2D eigenvalue weighted by atomic mass is 10.0. The van der Waals surface area contributed by atoms with E-state index in [1.54, 1.807) is 0 Å². The Morgan fingerprint density at radius 1 is 1.16 bits per heavy atom. The predicted octanol–water partition coefficient (Wildman–Crippen LogP) is 4.45. The molecule has 1 N–H and O–H groups in total. The molecular weight excluding hydrogens is 276 g/mol. The lowest BCUT2D eigenvalue weighted by Crippen LogP contribution is -2.01. The Labute approximate surface area is 120 Å². The van der Waals surface area contributed by atoms with Crippen LogP contribution in [0, 0.1) is 0 Å². The molecule has 0 amide bonds. The molecule has 0 aliphatic carbocycles. The normalized spacial score (nSPS) is 17.8. The van der Waals surface area contributed by atoms with Crippen molar-refractivity contribution in [3.63, 3.8) is 0 Å². The smallest absolute Gasteiger partial charge is 0.115 e. The van der Waals surface area contributed by atoms with Gasteiger partial charge in [0.25, 0.3) is 0 Å². The number of para-hydroxylation sites is 1. The summed E-state index contributed by atoms with van der Waals surface area (Å²) >= 11 is 8.08. The Kier molecular flexibility index (Phi) is 2.57. The third kappa shape index (κ3) is 1.77. The van der Waals surface area contributed by atoms with Gasteiger partial charge in [-0.05, 0) is 23.8 Å². The van der Waals surface area contributed by atoms with Crippen molar-refractivity contribution in [1.29, 1.82) is 0 Å². The second-order valence-corrected chi connectivity index (χ2v) is 6.13. The quantitative estimate of drug-likeness (QED) is 0.716. The van der Waals surface area contributed by atoms with Crippen LogP contribution >= 0.6 is 23.4 Å². The molecule has 2 nitrogen and oxygen atoms in total. The van der Waals surface area contributed by atoms with E-state index in [2.05, 4.69) is 29.2 Å². The Bertz CT molecular complexity index is 766. The second-order valence-electron chi connectivity index (χ2n) is 4.66. The van der Waals surface area contributed by atoms with E-state index in [0.29, 0.717) is 10.9 Å². The van der Waals surface area contributed by atoms with Crippen LogP contribution in [-0.4, -0.2) is 15.7 Å². The van der Waals surface area contributed by atoms with Crippen LogP contribution in [0.2, 0.25) is 5.02 Å². The van der Waals surface area contributed by atoms with Crippen molar-refractivity contribution in [2.45, 2.75) is 10.8 Å². The summed E-state index contributed by atoms with van der Waals surface area (Å²) in [6.07, 6.45) is 0. The standard InChI is InChI=1S/C15H11ClN2S/c16-11-5-3-6-12-14(11)18-15(17-12)10-8-19-13-7-2-1-4-9(10)13/h1-7,10H,8H2,(H,17,18). The fourth-order valence-corrected chi connectivity index (χ4v) is 4.02. The SMILES string of the molecule is Clc1cccc2[nH]c(C3CSc4ccccc43)nc12. The minimum atomic E-state index is 0.338. The molecule has 1 unspecified atom stereocenters. The fraction of sp³-hybridized carbons (Fsp3) is 0.133. The maximum atomic E-state index is 6.19. The minimum Gasteiger partial charge on any atom is -0.341 e. The van der Waals surface area contributed by atoms with Gasteiger partial charge in [-0.3, -0.25) is 0 Å². The average molecular weight is 287 g/mol. The van der Waals surface area contributed by atoms with Gasteiger partial charge in [0.2, 0.25) is 0 Å². The van der Waals surface area contributed by atoms with Crippen molar-refractivity contribution in [3.05, 3.63) is 58.9 Å². The zero-order valence-electron chi connectivity index (χ0n) is 10.1. The molecule has 2 aromatic carbocycles. The number of fused-ring (bicyclic) bond motifs is 2. The summed E-state index contributed by atoms with van der Waals surface area (Å²) in [5.41, 5.74) is 3.24. The zero-order valence-corrected chi connectivity index (χ0v) is 11.6. The average Bonchev–Trinajstić information content (AvgIpc) is 3.02. The summed E-state index contributed by atoms with van der Waals surface area (Å²) in [7, 11) is 0. The molecule has 2 heterocycles.